The highest BCUT2D eigenvalue weighted by Crippen LogP contribution is 2.61. The van der Waals surface area contributed by atoms with Gasteiger partial charge >= 0.3 is 0 Å². The van der Waals surface area contributed by atoms with Crippen LogP contribution in [0.1, 0.15) is 56.5 Å². The van der Waals surface area contributed by atoms with Crippen LogP contribution in [-0.4, -0.2) is 122 Å². The maximum absolute atomic E-state index is 14.2. The van der Waals surface area contributed by atoms with Gasteiger partial charge < -0.3 is 30.5 Å². The van der Waals surface area contributed by atoms with Gasteiger partial charge in [-0.1, -0.05) is 39.0 Å². The first-order valence-corrected chi connectivity index (χ1v) is 20.1. The Kier molecular flexibility index (Phi) is 12.1. The number of para-hydroxylation sites is 1. The highest BCUT2D eigenvalue weighted by atomic mass is 32.2. The topological polar surface area (TPSA) is 127 Å². The van der Waals surface area contributed by atoms with Crippen LogP contribution < -0.4 is 20.3 Å². The molecule has 8 atom stereocenters. The van der Waals surface area contributed by atoms with Gasteiger partial charge in [0, 0.05) is 86.1 Å². The molecule has 2 aliphatic heterocycles. The van der Waals surface area contributed by atoms with Crippen LogP contribution in [0.4, 0.5) is 5.69 Å². The molecule has 2 aromatic rings. The molecule has 3 saturated carbocycles. The summed E-state index contributed by atoms with van der Waals surface area (Å²) in [6, 6.07) is 10.9. The van der Waals surface area contributed by atoms with Crippen molar-refractivity contribution >= 4 is 29.3 Å². The number of hydrogen-bond acceptors (Lipinski definition) is 10. The molecule has 2 aromatic carbocycles. The molecule has 0 aromatic heterocycles. The van der Waals surface area contributed by atoms with E-state index in [1.807, 2.05) is 67.2 Å². The van der Waals surface area contributed by atoms with Gasteiger partial charge in [-0.2, -0.15) is 16.8 Å². The number of rotatable bonds is 13. The fourth-order valence-corrected chi connectivity index (χ4v) is 10.2. The minimum Gasteiger partial charge on any atom is -0.496 e. The largest absolute Gasteiger partial charge is 0.496 e. The first kappa shape index (κ1) is 38.8. The zero-order valence-corrected chi connectivity index (χ0v) is 32.7. The van der Waals surface area contributed by atoms with Gasteiger partial charge in [0.05, 0.1) is 26.4 Å². The molecule has 2 saturated heterocycles. The number of hydroxylamine groups is 2. The van der Waals surface area contributed by atoms with Crippen molar-refractivity contribution in [2.24, 2.45) is 29.1 Å². The van der Waals surface area contributed by atoms with Crippen molar-refractivity contribution < 1.29 is 29.4 Å². The molecule has 0 spiro atoms. The van der Waals surface area contributed by atoms with Crippen LogP contribution in [0.15, 0.2) is 36.4 Å². The number of thioether (sulfide) groups is 1. The van der Waals surface area contributed by atoms with Crippen molar-refractivity contribution in [1.82, 2.24) is 20.6 Å². The molecule has 2 heterocycles. The second-order valence-corrected chi connectivity index (χ2v) is 17.3. The monoisotopic (exact) mass is 737 g/mol. The van der Waals surface area contributed by atoms with Crippen molar-refractivity contribution in [1.29, 1.82) is 0 Å². The standard InChI is InChI=1S/C40H59N5O6S/c1-24-32-20-29(40(32,3)4)21-33(24)42-39(49)36-35(25(2)47)34(23-46)51-45(36)22-26-9-8-10-31(37(26)50-7)27-17-28(19-30(18-27)43(5)6)38(48)41-11-12-44-13-15-52-16-14-44/h8-10,17-19,24-25,29,32-36,46-47H,11-16,20-23H2,1-7H3,(H,41,48)(H,42,49)/t24-,25-,29+,32-,33-,34-,35-,36-/m0/s1. The van der Waals surface area contributed by atoms with Gasteiger partial charge in [0.25, 0.3) is 5.91 Å². The molecule has 52 heavy (non-hydrogen) atoms. The number of carbonyl (C=O) groups is 2. The summed E-state index contributed by atoms with van der Waals surface area (Å²) in [7, 11) is 5.52. The van der Waals surface area contributed by atoms with E-state index in [9.17, 15) is 19.8 Å². The third-order valence-electron chi connectivity index (χ3n) is 12.5. The smallest absolute Gasteiger partial charge is 0.251 e. The lowest BCUT2D eigenvalue weighted by atomic mass is 9.45. The summed E-state index contributed by atoms with van der Waals surface area (Å²) in [6.45, 7) is 11.9. The number of benzene rings is 2. The van der Waals surface area contributed by atoms with Crippen LogP contribution >= 0.6 is 11.8 Å². The summed E-state index contributed by atoms with van der Waals surface area (Å²) >= 11 is 1.97. The fraction of sp³-hybridized carbons (Fsp3) is 0.650. The van der Waals surface area contributed by atoms with E-state index in [4.69, 9.17) is 9.57 Å². The maximum Gasteiger partial charge on any atom is 0.251 e. The number of methoxy groups -OCH3 is 1. The Hall–Kier alpha value is -2.87. The molecule has 0 unspecified atom stereocenters. The Morgan fingerprint density at radius 2 is 1.90 bits per heavy atom. The summed E-state index contributed by atoms with van der Waals surface area (Å²) in [5.74, 6) is 3.39. The normalized spacial score (nSPS) is 29.2. The predicted octanol–water partition coefficient (Wildman–Crippen LogP) is 3.87. The molecular formula is C40H59N5O6S. The fourth-order valence-electron chi connectivity index (χ4n) is 9.24. The number of fused-ring (bicyclic) bond motifs is 2. The number of anilines is 1. The third kappa shape index (κ3) is 7.84. The van der Waals surface area contributed by atoms with Crippen LogP contribution in [0, 0.1) is 29.1 Å². The highest BCUT2D eigenvalue weighted by molar-refractivity contribution is 7.99. The van der Waals surface area contributed by atoms with Crippen LogP contribution in [0.3, 0.4) is 0 Å². The molecule has 3 aliphatic carbocycles. The average molecular weight is 738 g/mol. The van der Waals surface area contributed by atoms with Gasteiger partial charge in [-0.3, -0.25) is 19.3 Å². The van der Waals surface area contributed by atoms with Crippen molar-refractivity contribution in [3.8, 4) is 16.9 Å². The molecule has 11 nitrogen and oxygen atoms in total. The lowest BCUT2D eigenvalue weighted by Crippen LogP contribution is -2.62. The summed E-state index contributed by atoms with van der Waals surface area (Å²) in [5, 5.41) is 29.3. The molecular weight excluding hydrogens is 679 g/mol. The predicted molar refractivity (Wildman–Crippen MR) is 206 cm³/mol. The molecule has 12 heteroatoms. The van der Waals surface area contributed by atoms with E-state index in [0.717, 1.165) is 59.9 Å². The zero-order valence-electron chi connectivity index (χ0n) is 31.9. The zero-order chi connectivity index (χ0) is 37.3. The number of aliphatic hydroxyl groups excluding tert-OH is 2. The van der Waals surface area contributed by atoms with E-state index in [2.05, 4.69) is 36.3 Å². The second-order valence-electron chi connectivity index (χ2n) is 16.1. The van der Waals surface area contributed by atoms with E-state index in [1.165, 1.54) is 6.42 Å². The molecule has 5 aliphatic rings. The average Bonchev–Trinajstić information content (AvgIpc) is 3.51. The first-order valence-electron chi connectivity index (χ1n) is 18.9. The number of nitrogens with zero attached hydrogens (tertiary/aromatic N) is 3. The maximum atomic E-state index is 14.2. The Balaban J connectivity index is 1.25. The van der Waals surface area contributed by atoms with E-state index >= 15 is 0 Å². The summed E-state index contributed by atoms with van der Waals surface area (Å²) in [5.41, 5.74) is 4.13. The molecule has 286 valence electrons. The van der Waals surface area contributed by atoms with Crippen molar-refractivity contribution in [2.45, 2.75) is 71.4 Å². The number of ether oxygens (including phenoxy) is 1. The molecule has 7 rings (SSSR count). The van der Waals surface area contributed by atoms with E-state index in [1.54, 1.807) is 19.1 Å². The van der Waals surface area contributed by atoms with Crippen molar-refractivity contribution in [3.05, 3.63) is 47.5 Å². The Morgan fingerprint density at radius 1 is 1.15 bits per heavy atom. The summed E-state index contributed by atoms with van der Waals surface area (Å²) in [4.78, 5) is 38.3. The first-order chi connectivity index (χ1) is 24.8. The van der Waals surface area contributed by atoms with Crippen LogP contribution in [0.2, 0.25) is 0 Å². The van der Waals surface area contributed by atoms with Gasteiger partial charge in [0.1, 0.15) is 17.9 Å². The molecule has 5 fully saturated rings. The van der Waals surface area contributed by atoms with Gasteiger partial charge in [-0.05, 0) is 66.7 Å². The quantitative estimate of drug-likeness (QED) is 0.241. The van der Waals surface area contributed by atoms with Crippen LogP contribution in [0.25, 0.3) is 11.1 Å². The Bertz CT molecular complexity index is 1580. The molecule has 2 amide bonds. The summed E-state index contributed by atoms with van der Waals surface area (Å²) in [6.07, 6.45) is 0.513. The summed E-state index contributed by atoms with van der Waals surface area (Å²) < 4.78 is 6.07. The third-order valence-corrected chi connectivity index (χ3v) is 13.5. The molecule has 2 bridgehead atoms. The van der Waals surface area contributed by atoms with Gasteiger partial charge in [-0.15, -0.1) is 0 Å². The Labute approximate surface area is 313 Å². The SMILES string of the molecule is COc1c(CN2O[C@@H](CO)[C@H]([C@H](C)O)[C@H]2C(=O)N[C@H]2C[C@H]3C[C@@H]([C@@H]2C)C3(C)C)cccc1-c1cc(C(=O)NCCN2CCSCC2)cc(N(C)C)c1. The van der Waals surface area contributed by atoms with E-state index < -0.39 is 24.2 Å². The highest BCUT2D eigenvalue weighted by Gasteiger charge is 2.57. The van der Waals surface area contributed by atoms with Crippen LogP contribution in [0.5, 0.6) is 5.75 Å². The minimum atomic E-state index is -0.889. The van der Waals surface area contributed by atoms with Crippen molar-refractivity contribution in [2.75, 3.05) is 70.4 Å². The van der Waals surface area contributed by atoms with Gasteiger partial charge in [0.15, 0.2) is 0 Å². The number of amides is 2. The van der Waals surface area contributed by atoms with Crippen molar-refractivity contribution in [3.63, 3.8) is 0 Å². The lowest BCUT2D eigenvalue weighted by Gasteiger charge is -2.62. The van der Waals surface area contributed by atoms with E-state index in [0.29, 0.717) is 35.6 Å². The number of hydrogen-bond donors (Lipinski definition) is 4. The molecule has 4 N–H and O–H groups in total. The second kappa shape index (κ2) is 16.2. The van der Waals surface area contributed by atoms with Gasteiger partial charge in [-0.25, -0.2) is 0 Å². The lowest BCUT2D eigenvalue weighted by molar-refractivity contribution is -0.183. The molecule has 0 radical (unpaired) electrons. The Morgan fingerprint density at radius 3 is 2.54 bits per heavy atom. The van der Waals surface area contributed by atoms with E-state index in [-0.39, 0.29) is 36.4 Å². The minimum absolute atomic E-state index is 0.0473. The number of carbonyl (C=O) groups excluding carboxylic acids is 2. The number of nitrogens with one attached hydrogen (secondary N) is 2. The van der Waals surface area contributed by atoms with Crippen LogP contribution in [-0.2, 0) is 16.2 Å². The number of aliphatic hydroxyl groups is 2. The van der Waals surface area contributed by atoms with Gasteiger partial charge in [0.2, 0.25) is 5.91 Å².